The van der Waals surface area contributed by atoms with E-state index in [1.807, 2.05) is 40.1 Å². The van der Waals surface area contributed by atoms with E-state index < -0.39 is 0 Å². The predicted molar refractivity (Wildman–Crippen MR) is 92.0 cm³/mol. The summed E-state index contributed by atoms with van der Waals surface area (Å²) in [5.41, 5.74) is 1.93. The van der Waals surface area contributed by atoms with Gasteiger partial charge in [-0.25, -0.2) is 0 Å². The van der Waals surface area contributed by atoms with Crippen LogP contribution >= 0.6 is 0 Å². The molecule has 2 fully saturated rings. The molecular weight excluding hydrogens is 288 g/mol. The lowest BCUT2D eigenvalue weighted by molar-refractivity contribution is -0.127. The van der Waals surface area contributed by atoms with Crippen LogP contribution in [-0.4, -0.2) is 36.3 Å². The molecule has 0 N–H and O–H groups in total. The van der Waals surface area contributed by atoms with Gasteiger partial charge in [0.1, 0.15) is 0 Å². The average molecular weight is 312 g/mol. The number of rotatable bonds is 3. The van der Waals surface area contributed by atoms with Crippen LogP contribution in [0.2, 0.25) is 0 Å². The van der Waals surface area contributed by atoms with Crippen molar-refractivity contribution in [2.24, 2.45) is 5.92 Å². The fourth-order valence-corrected chi connectivity index (χ4v) is 3.35. The number of nitrogens with zero attached hydrogens (tertiary/aromatic N) is 2. The standard InChI is InChI=1S/C19H24N2O2/c1-15-4-2-12-20(14-15)18(22)11-8-16-6-9-17(10-7-16)21-13-3-5-19(21)23/h6-11,15H,2-5,12-14H2,1H3/b11-8+. The summed E-state index contributed by atoms with van der Waals surface area (Å²) >= 11 is 0. The molecule has 1 aromatic rings. The average Bonchev–Trinajstić information content (AvgIpc) is 2.99. The zero-order chi connectivity index (χ0) is 16.2. The molecule has 2 amide bonds. The molecule has 0 saturated carbocycles. The Kier molecular flexibility index (Phi) is 4.79. The Morgan fingerprint density at radius 1 is 1.17 bits per heavy atom. The third-order valence-electron chi connectivity index (χ3n) is 4.67. The molecule has 2 aliphatic heterocycles. The van der Waals surface area contributed by atoms with Crippen LogP contribution in [0.5, 0.6) is 0 Å². The zero-order valence-electron chi connectivity index (χ0n) is 13.7. The first-order chi connectivity index (χ1) is 11.1. The lowest BCUT2D eigenvalue weighted by Crippen LogP contribution is -2.38. The molecule has 4 heteroatoms. The Morgan fingerprint density at radius 2 is 1.96 bits per heavy atom. The molecule has 1 atom stereocenters. The van der Waals surface area contributed by atoms with Gasteiger partial charge in [0.25, 0.3) is 0 Å². The van der Waals surface area contributed by atoms with Crippen LogP contribution in [0.1, 0.15) is 38.2 Å². The maximum atomic E-state index is 12.2. The van der Waals surface area contributed by atoms with Crippen molar-refractivity contribution in [1.82, 2.24) is 4.90 Å². The smallest absolute Gasteiger partial charge is 0.246 e. The van der Waals surface area contributed by atoms with Crippen LogP contribution in [0.4, 0.5) is 5.69 Å². The van der Waals surface area contributed by atoms with E-state index in [0.29, 0.717) is 12.3 Å². The monoisotopic (exact) mass is 312 g/mol. The first kappa shape index (κ1) is 15.8. The van der Waals surface area contributed by atoms with E-state index in [1.165, 1.54) is 6.42 Å². The number of carbonyl (C=O) groups excluding carboxylic acids is 2. The van der Waals surface area contributed by atoms with E-state index in [2.05, 4.69) is 6.92 Å². The molecule has 1 aromatic carbocycles. The van der Waals surface area contributed by atoms with Gasteiger partial charge in [0, 0.05) is 37.8 Å². The molecule has 2 heterocycles. The minimum atomic E-state index is 0.0929. The van der Waals surface area contributed by atoms with E-state index in [9.17, 15) is 9.59 Å². The van der Waals surface area contributed by atoms with Crippen molar-refractivity contribution < 1.29 is 9.59 Å². The summed E-state index contributed by atoms with van der Waals surface area (Å²) in [5, 5.41) is 0. The second kappa shape index (κ2) is 6.99. The highest BCUT2D eigenvalue weighted by molar-refractivity contribution is 5.95. The van der Waals surface area contributed by atoms with E-state index >= 15 is 0 Å². The van der Waals surface area contributed by atoms with E-state index in [4.69, 9.17) is 0 Å². The van der Waals surface area contributed by atoms with Gasteiger partial charge >= 0.3 is 0 Å². The Labute approximate surface area is 137 Å². The van der Waals surface area contributed by atoms with Crippen molar-refractivity contribution in [2.75, 3.05) is 24.5 Å². The summed E-state index contributed by atoms with van der Waals surface area (Å²) in [6.45, 7) is 4.73. The van der Waals surface area contributed by atoms with E-state index in [1.54, 1.807) is 6.08 Å². The molecule has 0 aliphatic carbocycles. The van der Waals surface area contributed by atoms with Crippen LogP contribution < -0.4 is 4.90 Å². The van der Waals surface area contributed by atoms with Gasteiger partial charge in [-0.1, -0.05) is 19.1 Å². The molecule has 3 rings (SSSR count). The quantitative estimate of drug-likeness (QED) is 0.805. The Bertz CT molecular complexity index is 606. The summed E-state index contributed by atoms with van der Waals surface area (Å²) in [7, 11) is 0. The second-order valence-electron chi connectivity index (χ2n) is 6.61. The lowest BCUT2D eigenvalue weighted by atomic mass is 10.0. The third kappa shape index (κ3) is 3.81. The summed E-state index contributed by atoms with van der Waals surface area (Å²) in [5.74, 6) is 0.886. The SMILES string of the molecule is CC1CCCN(C(=O)/C=C/c2ccc(N3CCCC3=O)cc2)C1. The number of anilines is 1. The van der Waals surface area contributed by atoms with Crippen molar-refractivity contribution >= 4 is 23.6 Å². The highest BCUT2D eigenvalue weighted by Crippen LogP contribution is 2.22. The van der Waals surface area contributed by atoms with Crippen LogP contribution in [-0.2, 0) is 9.59 Å². The summed E-state index contributed by atoms with van der Waals surface area (Å²) in [6.07, 6.45) is 7.41. The van der Waals surface area contributed by atoms with Crippen molar-refractivity contribution in [1.29, 1.82) is 0 Å². The number of amides is 2. The number of piperidine rings is 1. The fraction of sp³-hybridized carbons (Fsp3) is 0.474. The van der Waals surface area contributed by atoms with Gasteiger partial charge in [-0.05, 0) is 49.0 Å². The molecule has 23 heavy (non-hydrogen) atoms. The highest BCUT2D eigenvalue weighted by Gasteiger charge is 2.21. The molecule has 122 valence electrons. The minimum Gasteiger partial charge on any atom is -0.339 e. The van der Waals surface area contributed by atoms with Gasteiger partial charge in [-0.2, -0.15) is 0 Å². The molecule has 0 aromatic heterocycles. The molecule has 1 unspecified atom stereocenters. The summed E-state index contributed by atoms with van der Waals surface area (Å²) in [4.78, 5) is 27.7. The Balaban J connectivity index is 1.61. The summed E-state index contributed by atoms with van der Waals surface area (Å²) < 4.78 is 0. The third-order valence-corrected chi connectivity index (χ3v) is 4.67. The maximum absolute atomic E-state index is 12.2. The topological polar surface area (TPSA) is 40.6 Å². The Hall–Kier alpha value is -2.10. The molecule has 0 radical (unpaired) electrons. The van der Waals surface area contributed by atoms with Gasteiger partial charge in [0.2, 0.25) is 11.8 Å². The van der Waals surface area contributed by atoms with Crippen LogP contribution in [0.3, 0.4) is 0 Å². The zero-order valence-corrected chi connectivity index (χ0v) is 13.7. The maximum Gasteiger partial charge on any atom is 0.246 e. The molecule has 0 spiro atoms. The molecule has 0 bridgehead atoms. The largest absolute Gasteiger partial charge is 0.339 e. The van der Waals surface area contributed by atoms with Gasteiger partial charge in [-0.15, -0.1) is 0 Å². The summed E-state index contributed by atoms with van der Waals surface area (Å²) in [6, 6.07) is 7.83. The second-order valence-corrected chi connectivity index (χ2v) is 6.61. The predicted octanol–water partition coefficient (Wildman–Crippen LogP) is 3.09. The van der Waals surface area contributed by atoms with Gasteiger partial charge < -0.3 is 9.80 Å². The molecular formula is C19H24N2O2. The fourth-order valence-electron chi connectivity index (χ4n) is 3.35. The number of carbonyl (C=O) groups is 2. The van der Waals surface area contributed by atoms with Crippen molar-refractivity contribution in [2.45, 2.75) is 32.6 Å². The van der Waals surface area contributed by atoms with Gasteiger partial charge in [0.15, 0.2) is 0 Å². The van der Waals surface area contributed by atoms with E-state index in [-0.39, 0.29) is 11.8 Å². The lowest BCUT2D eigenvalue weighted by Gasteiger charge is -2.30. The van der Waals surface area contributed by atoms with Gasteiger partial charge in [-0.3, -0.25) is 9.59 Å². The van der Waals surface area contributed by atoms with Crippen LogP contribution in [0, 0.1) is 5.92 Å². The number of benzene rings is 1. The van der Waals surface area contributed by atoms with Gasteiger partial charge in [0.05, 0.1) is 0 Å². The highest BCUT2D eigenvalue weighted by atomic mass is 16.2. The minimum absolute atomic E-state index is 0.0929. The Morgan fingerprint density at radius 3 is 2.61 bits per heavy atom. The normalized spacial score (nSPS) is 22.1. The van der Waals surface area contributed by atoms with Crippen LogP contribution in [0.25, 0.3) is 6.08 Å². The number of hydrogen-bond donors (Lipinski definition) is 0. The number of likely N-dealkylation sites (tertiary alicyclic amines) is 1. The van der Waals surface area contributed by atoms with E-state index in [0.717, 1.165) is 43.7 Å². The number of hydrogen-bond acceptors (Lipinski definition) is 2. The molecule has 2 aliphatic rings. The first-order valence-electron chi connectivity index (χ1n) is 8.51. The van der Waals surface area contributed by atoms with Crippen LogP contribution in [0.15, 0.2) is 30.3 Å². The first-order valence-corrected chi connectivity index (χ1v) is 8.51. The van der Waals surface area contributed by atoms with Crippen molar-refractivity contribution in [3.8, 4) is 0 Å². The van der Waals surface area contributed by atoms with Crippen molar-refractivity contribution in [3.05, 3.63) is 35.9 Å². The molecule has 2 saturated heterocycles. The van der Waals surface area contributed by atoms with Crippen molar-refractivity contribution in [3.63, 3.8) is 0 Å². The molecule has 4 nitrogen and oxygen atoms in total.